The summed E-state index contributed by atoms with van der Waals surface area (Å²) < 4.78 is 10.7. The summed E-state index contributed by atoms with van der Waals surface area (Å²) in [4.78, 5) is 14.3. The van der Waals surface area contributed by atoms with E-state index in [1.54, 1.807) is 7.11 Å². The molecule has 1 unspecified atom stereocenters. The molecule has 24 heavy (non-hydrogen) atoms. The van der Waals surface area contributed by atoms with Crippen molar-refractivity contribution < 1.29 is 14.3 Å². The normalized spacial score (nSPS) is 19.3. The third-order valence-electron chi connectivity index (χ3n) is 4.60. The Kier molecular flexibility index (Phi) is 5.99. The smallest absolute Gasteiger partial charge is 0.328 e. The van der Waals surface area contributed by atoms with Crippen LogP contribution in [0.25, 0.3) is 0 Å². The van der Waals surface area contributed by atoms with Crippen LogP contribution in [0.2, 0.25) is 0 Å². The summed E-state index contributed by atoms with van der Waals surface area (Å²) in [5, 5.41) is 3.42. The Balaban J connectivity index is 0.00000208. The summed E-state index contributed by atoms with van der Waals surface area (Å²) in [6.45, 7) is 2.26. The lowest BCUT2D eigenvalue weighted by Gasteiger charge is -2.34. The summed E-state index contributed by atoms with van der Waals surface area (Å²) in [5.41, 5.74) is 3.67. The van der Waals surface area contributed by atoms with Crippen LogP contribution in [0.1, 0.15) is 31.7 Å². The van der Waals surface area contributed by atoms with Crippen molar-refractivity contribution in [3.05, 3.63) is 35.2 Å². The van der Waals surface area contributed by atoms with Crippen molar-refractivity contribution in [3.8, 4) is 5.75 Å². The fourth-order valence-electron chi connectivity index (χ4n) is 3.47. The number of esters is 1. The molecule has 6 heteroatoms. The van der Waals surface area contributed by atoms with Crippen LogP contribution in [0, 0.1) is 0 Å². The highest BCUT2D eigenvalue weighted by Gasteiger charge is 2.31. The van der Waals surface area contributed by atoms with Gasteiger partial charge in [-0.05, 0) is 43.9 Å². The third-order valence-corrected chi connectivity index (χ3v) is 4.60. The molecule has 0 aliphatic carbocycles. The summed E-state index contributed by atoms with van der Waals surface area (Å²) in [7, 11) is 3.74. The second-order valence-corrected chi connectivity index (χ2v) is 5.99. The van der Waals surface area contributed by atoms with E-state index in [-0.39, 0.29) is 24.4 Å². The number of hydrogen-bond acceptors (Lipinski definition) is 5. The van der Waals surface area contributed by atoms with Gasteiger partial charge in [-0.2, -0.15) is 0 Å². The quantitative estimate of drug-likeness (QED) is 0.847. The lowest BCUT2D eigenvalue weighted by Crippen LogP contribution is -2.42. The summed E-state index contributed by atoms with van der Waals surface area (Å²) >= 11 is 0. The molecule has 1 aromatic carbocycles. The molecule has 0 radical (unpaired) electrons. The van der Waals surface area contributed by atoms with Gasteiger partial charge in [0, 0.05) is 24.7 Å². The maximum Gasteiger partial charge on any atom is 0.328 e. The molecule has 2 aliphatic rings. The standard InChI is InChI=1S/C18H24N2O3.ClH/c1-4-23-18(21)14-8-5-7-12-11-13-15(20(2)17(12)19-14)9-6-10-16(13)22-3;/h6,9-10,14,19H,4-5,7-8,11H2,1-3H3;1H. The first-order valence-electron chi connectivity index (χ1n) is 8.20. The van der Waals surface area contributed by atoms with Crippen LogP contribution in [0.15, 0.2) is 29.6 Å². The second-order valence-electron chi connectivity index (χ2n) is 5.99. The number of nitrogens with zero attached hydrogens (tertiary/aromatic N) is 1. The van der Waals surface area contributed by atoms with Crippen LogP contribution in [0.5, 0.6) is 5.75 Å². The zero-order chi connectivity index (χ0) is 16.4. The number of fused-ring (bicyclic) bond motifs is 1. The Morgan fingerprint density at radius 3 is 2.92 bits per heavy atom. The maximum absolute atomic E-state index is 12.1. The van der Waals surface area contributed by atoms with Gasteiger partial charge in [0.2, 0.25) is 0 Å². The number of methoxy groups -OCH3 is 1. The molecule has 0 aromatic heterocycles. The predicted octanol–water partition coefficient (Wildman–Crippen LogP) is 3.03. The molecular weight excluding hydrogens is 328 g/mol. The van der Waals surface area contributed by atoms with Crippen molar-refractivity contribution >= 4 is 24.1 Å². The molecular formula is C18H25ClN2O3. The highest BCUT2D eigenvalue weighted by Crippen LogP contribution is 2.39. The number of benzene rings is 1. The van der Waals surface area contributed by atoms with E-state index in [2.05, 4.69) is 16.3 Å². The average molecular weight is 353 g/mol. The molecule has 0 bridgehead atoms. The van der Waals surface area contributed by atoms with Crippen LogP contribution >= 0.6 is 12.4 Å². The summed E-state index contributed by atoms with van der Waals surface area (Å²) in [6, 6.07) is 5.83. The van der Waals surface area contributed by atoms with Gasteiger partial charge < -0.3 is 19.7 Å². The van der Waals surface area contributed by atoms with E-state index in [0.717, 1.165) is 42.9 Å². The summed E-state index contributed by atoms with van der Waals surface area (Å²) in [6.07, 6.45) is 3.63. The van der Waals surface area contributed by atoms with E-state index in [9.17, 15) is 4.79 Å². The molecule has 1 atom stereocenters. The van der Waals surface area contributed by atoms with Crippen molar-refractivity contribution in [1.29, 1.82) is 0 Å². The Hall–Kier alpha value is -1.88. The first-order valence-corrected chi connectivity index (χ1v) is 8.20. The molecule has 0 fully saturated rings. The van der Waals surface area contributed by atoms with Crippen molar-refractivity contribution in [2.24, 2.45) is 0 Å². The van der Waals surface area contributed by atoms with Gasteiger partial charge in [0.1, 0.15) is 17.6 Å². The number of anilines is 1. The summed E-state index contributed by atoms with van der Waals surface area (Å²) in [5.74, 6) is 1.81. The van der Waals surface area contributed by atoms with Crippen molar-refractivity contribution in [3.63, 3.8) is 0 Å². The lowest BCUT2D eigenvalue weighted by molar-refractivity contribution is -0.145. The first kappa shape index (κ1) is 18.5. The molecule has 0 saturated carbocycles. The zero-order valence-electron chi connectivity index (χ0n) is 14.4. The lowest BCUT2D eigenvalue weighted by atomic mass is 9.94. The molecule has 0 amide bonds. The topological polar surface area (TPSA) is 50.8 Å². The maximum atomic E-state index is 12.1. The Morgan fingerprint density at radius 2 is 2.21 bits per heavy atom. The number of rotatable bonds is 3. The van der Waals surface area contributed by atoms with E-state index in [1.165, 1.54) is 11.1 Å². The van der Waals surface area contributed by atoms with Gasteiger partial charge in [0.05, 0.1) is 13.7 Å². The SMILES string of the molecule is CCOC(=O)C1CCCC2=C(N1)N(C)c1cccc(OC)c1C2.Cl. The van der Waals surface area contributed by atoms with Crippen molar-refractivity contribution in [2.45, 2.75) is 38.6 Å². The first-order chi connectivity index (χ1) is 11.2. The van der Waals surface area contributed by atoms with Gasteiger partial charge in [-0.3, -0.25) is 0 Å². The molecule has 5 nitrogen and oxygen atoms in total. The van der Waals surface area contributed by atoms with Gasteiger partial charge >= 0.3 is 5.97 Å². The molecule has 1 aromatic rings. The van der Waals surface area contributed by atoms with Gasteiger partial charge in [0.15, 0.2) is 0 Å². The largest absolute Gasteiger partial charge is 0.496 e. The van der Waals surface area contributed by atoms with Gasteiger partial charge in [-0.1, -0.05) is 6.07 Å². The Bertz CT molecular complexity index is 645. The molecule has 2 heterocycles. The van der Waals surface area contributed by atoms with Crippen LogP contribution in [0.4, 0.5) is 5.69 Å². The number of carbonyl (C=O) groups excluding carboxylic acids is 1. The van der Waals surface area contributed by atoms with Crippen molar-refractivity contribution in [1.82, 2.24) is 5.32 Å². The van der Waals surface area contributed by atoms with Crippen LogP contribution in [-0.4, -0.2) is 32.8 Å². The zero-order valence-corrected chi connectivity index (χ0v) is 15.2. The molecule has 0 spiro atoms. The monoisotopic (exact) mass is 352 g/mol. The number of nitrogens with one attached hydrogen (secondary N) is 1. The van der Waals surface area contributed by atoms with Crippen molar-refractivity contribution in [2.75, 3.05) is 25.7 Å². The third kappa shape index (κ3) is 3.31. The molecule has 3 rings (SSSR count). The van der Waals surface area contributed by atoms with E-state index in [1.807, 2.05) is 26.1 Å². The van der Waals surface area contributed by atoms with Crippen LogP contribution in [0.3, 0.4) is 0 Å². The predicted molar refractivity (Wildman–Crippen MR) is 96.8 cm³/mol. The van der Waals surface area contributed by atoms with Crippen LogP contribution in [-0.2, 0) is 16.0 Å². The van der Waals surface area contributed by atoms with Gasteiger partial charge in [-0.25, -0.2) is 4.79 Å². The minimum Gasteiger partial charge on any atom is -0.496 e. The molecule has 1 N–H and O–H groups in total. The minimum absolute atomic E-state index is 0. The van der Waals surface area contributed by atoms with Crippen LogP contribution < -0.4 is 15.0 Å². The molecule has 132 valence electrons. The highest BCUT2D eigenvalue weighted by atomic mass is 35.5. The molecule has 0 saturated heterocycles. The highest BCUT2D eigenvalue weighted by molar-refractivity contribution is 5.85. The molecule has 2 aliphatic heterocycles. The van der Waals surface area contributed by atoms with E-state index in [0.29, 0.717) is 6.61 Å². The number of ether oxygens (including phenoxy) is 2. The number of halogens is 1. The average Bonchev–Trinajstić information content (AvgIpc) is 2.77. The van der Waals surface area contributed by atoms with Gasteiger partial charge in [0.25, 0.3) is 0 Å². The Labute approximate surface area is 149 Å². The number of hydrogen-bond donors (Lipinski definition) is 1. The van der Waals surface area contributed by atoms with E-state index >= 15 is 0 Å². The van der Waals surface area contributed by atoms with E-state index in [4.69, 9.17) is 9.47 Å². The van der Waals surface area contributed by atoms with Gasteiger partial charge in [-0.15, -0.1) is 12.4 Å². The Morgan fingerprint density at radius 1 is 1.42 bits per heavy atom. The minimum atomic E-state index is -0.267. The second kappa shape index (κ2) is 7.79. The number of carbonyl (C=O) groups is 1. The van der Waals surface area contributed by atoms with E-state index < -0.39 is 0 Å². The number of allylic oxidation sites excluding steroid dienone is 1. The fraction of sp³-hybridized carbons (Fsp3) is 0.500. The fourth-order valence-corrected chi connectivity index (χ4v) is 3.47.